The first kappa shape index (κ1) is 12.1. The molecule has 0 heterocycles. The van der Waals surface area contributed by atoms with E-state index in [1.165, 1.54) is 48.8 Å². The normalized spacial score (nSPS) is 9.50. The summed E-state index contributed by atoms with van der Waals surface area (Å²) in [5.41, 5.74) is 0. The van der Waals surface area contributed by atoms with Crippen molar-refractivity contribution in [2.75, 3.05) is 0 Å². The summed E-state index contributed by atoms with van der Waals surface area (Å²) in [5.74, 6) is 0. The van der Waals surface area contributed by atoms with Crippen molar-refractivity contribution in [2.24, 2.45) is 0 Å². The molecule has 0 saturated carbocycles. The molecular weight excluding hydrogens is 354 g/mol. The smallest absolute Gasteiger partial charge is 0.208 e. The number of halogens is 2. The first-order chi connectivity index (χ1) is 3.41. The molecule has 0 fully saturated rings. The van der Waals surface area contributed by atoms with Crippen LogP contribution < -0.4 is 0 Å². The Labute approximate surface area is 74.5 Å². The van der Waals surface area contributed by atoms with Crippen LogP contribution in [0.15, 0.2) is 0 Å². The topological polar surface area (TPSA) is 34.1 Å². The Balaban J connectivity index is 0. The second-order valence-corrected chi connectivity index (χ2v) is 13.9. The molecule has 0 amide bonds. The van der Waals surface area contributed by atoms with Gasteiger partial charge in [-0.1, -0.05) is 20.3 Å². The van der Waals surface area contributed by atoms with Crippen molar-refractivity contribution < 1.29 is 8.42 Å². The van der Waals surface area contributed by atoms with Gasteiger partial charge in [0.05, 0.1) is 42.4 Å². The lowest BCUT2D eigenvalue weighted by atomic mass is 10.6. The Kier molecular flexibility index (Phi) is 9.89. The Morgan fingerprint density at radius 1 is 1.25 bits per heavy atom. The molecule has 0 spiro atoms. The molecule has 0 atom stereocenters. The van der Waals surface area contributed by atoms with E-state index in [9.17, 15) is 8.42 Å². The minimum Gasteiger partial charge on any atom is -0.208 e. The average Bonchev–Trinajstić information content (AvgIpc) is 1.27. The van der Waals surface area contributed by atoms with E-state index in [0.717, 1.165) is 0 Å². The molecule has 2 nitrogen and oxygen atoms in total. The van der Waals surface area contributed by atoms with Crippen molar-refractivity contribution in [3.05, 3.63) is 0 Å². The van der Waals surface area contributed by atoms with Crippen molar-refractivity contribution >= 4 is 46.6 Å². The van der Waals surface area contributed by atoms with Gasteiger partial charge in [-0.3, -0.25) is 0 Å². The van der Waals surface area contributed by atoms with E-state index in [0.29, 0.717) is 0 Å². The van der Waals surface area contributed by atoms with Crippen molar-refractivity contribution in [3.8, 4) is 0 Å². The van der Waals surface area contributed by atoms with E-state index in [1.54, 1.807) is 0 Å². The maximum absolute atomic E-state index is 9.61. The van der Waals surface area contributed by atoms with Gasteiger partial charge in [-0.2, -0.15) is 0 Å². The van der Waals surface area contributed by atoms with Gasteiger partial charge in [-0.05, 0) is 0 Å². The minimum absolute atomic E-state index is 1.25. The second-order valence-electron chi connectivity index (χ2n) is 1.09. The molecule has 0 aromatic carbocycles. The van der Waals surface area contributed by atoms with E-state index in [2.05, 4.69) is 13.8 Å². The van der Waals surface area contributed by atoms with Crippen molar-refractivity contribution in [1.82, 2.24) is 0 Å². The van der Waals surface area contributed by atoms with Crippen LogP contribution in [0.4, 0.5) is 0 Å². The highest BCUT2D eigenvalue weighted by Gasteiger charge is 1.86. The molecule has 0 rings (SSSR count). The summed E-state index contributed by atoms with van der Waals surface area (Å²) in [7, 11) is 0. The summed E-state index contributed by atoms with van der Waals surface area (Å²) in [4.78, 5) is 0. The van der Waals surface area contributed by atoms with Crippen molar-refractivity contribution in [3.63, 3.8) is 0 Å². The van der Waals surface area contributed by atoms with Gasteiger partial charge in [0, 0.05) is 0 Å². The number of rotatable bonds is 0. The molecular formula is C3H8I2O2S. The highest BCUT2D eigenvalue weighted by Crippen LogP contribution is 2.08. The van der Waals surface area contributed by atoms with Crippen molar-refractivity contribution in [2.45, 2.75) is 20.3 Å². The first-order valence-electron chi connectivity index (χ1n) is 2.06. The lowest BCUT2D eigenvalue weighted by Crippen LogP contribution is -1.60. The van der Waals surface area contributed by atoms with Crippen LogP contribution in [0.25, 0.3) is 0 Å². The van der Waals surface area contributed by atoms with Gasteiger partial charge in [0.1, 0.15) is 0 Å². The molecule has 0 aromatic heterocycles. The Morgan fingerprint density at radius 2 is 1.25 bits per heavy atom. The third kappa shape index (κ3) is 153. The predicted molar refractivity (Wildman–Crippen MR) is 52.9 cm³/mol. The second kappa shape index (κ2) is 6.53. The standard InChI is InChI=1S/C3H8.I2O2S/c1-3-2;1-5(2,3)4/h3H2,1-2H3;. The van der Waals surface area contributed by atoms with Crippen molar-refractivity contribution in [1.29, 1.82) is 0 Å². The van der Waals surface area contributed by atoms with Gasteiger partial charge in [-0.25, -0.2) is 8.42 Å². The zero-order valence-electron chi connectivity index (χ0n) is 4.69. The Bertz CT molecular complexity index is 109. The fraction of sp³-hybridized carbons (Fsp3) is 1.00. The minimum atomic E-state index is -2.73. The summed E-state index contributed by atoms with van der Waals surface area (Å²) >= 11 is 2.67. The van der Waals surface area contributed by atoms with Gasteiger partial charge in [0.15, 0.2) is 0 Å². The van der Waals surface area contributed by atoms with Crippen LogP contribution in [-0.2, 0) is 4.18 Å². The lowest BCUT2D eigenvalue weighted by molar-refractivity contribution is 0.627. The molecule has 0 radical (unpaired) electrons. The van der Waals surface area contributed by atoms with E-state index < -0.39 is 4.18 Å². The highest BCUT2D eigenvalue weighted by molar-refractivity contribution is 14.3. The highest BCUT2D eigenvalue weighted by atomic mass is 127. The fourth-order valence-electron chi connectivity index (χ4n) is 0. The summed E-state index contributed by atoms with van der Waals surface area (Å²) in [6, 6.07) is 0. The zero-order chi connectivity index (χ0) is 7.21. The maximum Gasteiger partial charge on any atom is 0.255 e. The lowest BCUT2D eigenvalue weighted by Gasteiger charge is -1.62. The Hall–Kier alpha value is 1.41. The molecule has 0 unspecified atom stereocenters. The Morgan fingerprint density at radius 3 is 1.25 bits per heavy atom. The molecule has 0 saturated heterocycles. The first-order valence-corrected chi connectivity index (χ1v) is 8.62. The molecule has 0 aromatic rings. The molecule has 5 heteroatoms. The van der Waals surface area contributed by atoms with Crippen LogP contribution in [0, 0.1) is 0 Å². The predicted octanol–water partition coefficient (Wildman–Crippen LogP) is 2.52. The molecule has 0 N–H and O–H groups in total. The third-order valence-electron chi connectivity index (χ3n) is 0. The number of hydrogen-bond acceptors (Lipinski definition) is 2. The average molecular weight is 362 g/mol. The zero-order valence-corrected chi connectivity index (χ0v) is 9.82. The van der Waals surface area contributed by atoms with Gasteiger partial charge in [0.25, 0.3) is 4.18 Å². The van der Waals surface area contributed by atoms with Gasteiger partial charge in [0.2, 0.25) is 0 Å². The molecule has 0 aliphatic heterocycles. The molecule has 52 valence electrons. The third-order valence-corrected chi connectivity index (χ3v) is 0. The van der Waals surface area contributed by atoms with Crippen LogP contribution in [-0.4, -0.2) is 8.42 Å². The largest absolute Gasteiger partial charge is 0.255 e. The summed E-state index contributed by atoms with van der Waals surface area (Å²) in [6.07, 6.45) is 1.25. The monoisotopic (exact) mass is 362 g/mol. The van der Waals surface area contributed by atoms with Crippen LogP contribution in [0.3, 0.4) is 0 Å². The SMILES string of the molecule is CCC.O=S(=O)(I)I. The van der Waals surface area contributed by atoms with E-state index in [-0.39, 0.29) is 0 Å². The summed E-state index contributed by atoms with van der Waals surface area (Å²) in [5, 5.41) is 0. The molecule has 8 heavy (non-hydrogen) atoms. The maximum atomic E-state index is 9.61. The van der Waals surface area contributed by atoms with Gasteiger partial charge in [-0.15, -0.1) is 0 Å². The molecule has 0 bridgehead atoms. The van der Waals surface area contributed by atoms with Crippen LogP contribution in [0.5, 0.6) is 0 Å². The van der Waals surface area contributed by atoms with Gasteiger partial charge < -0.3 is 0 Å². The fourth-order valence-corrected chi connectivity index (χ4v) is 0. The van der Waals surface area contributed by atoms with E-state index in [4.69, 9.17) is 0 Å². The van der Waals surface area contributed by atoms with Crippen LogP contribution >= 0.6 is 42.4 Å². The van der Waals surface area contributed by atoms with Crippen LogP contribution in [0.1, 0.15) is 20.3 Å². The molecule has 0 aliphatic carbocycles. The summed E-state index contributed by atoms with van der Waals surface area (Å²) in [6.45, 7) is 4.25. The molecule has 0 aliphatic rings. The van der Waals surface area contributed by atoms with Gasteiger partial charge >= 0.3 is 0 Å². The quantitative estimate of drug-likeness (QED) is 0.490. The van der Waals surface area contributed by atoms with Crippen LogP contribution in [0.2, 0.25) is 0 Å². The summed E-state index contributed by atoms with van der Waals surface area (Å²) < 4.78 is 16.5. The number of hydrogen-bond donors (Lipinski definition) is 0. The van der Waals surface area contributed by atoms with E-state index in [1.807, 2.05) is 0 Å². The van der Waals surface area contributed by atoms with E-state index >= 15 is 0 Å².